The first-order valence-corrected chi connectivity index (χ1v) is 11.0. The van der Waals surface area contributed by atoms with Gasteiger partial charge in [0.05, 0.1) is 12.3 Å². The highest BCUT2D eigenvalue weighted by Gasteiger charge is 2.37. The maximum absolute atomic E-state index is 6.21. The molecule has 4 nitrogen and oxygen atoms in total. The first-order chi connectivity index (χ1) is 10.2. The first kappa shape index (κ1) is 17.0. The van der Waals surface area contributed by atoms with Crippen molar-refractivity contribution in [2.75, 3.05) is 0 Å². The Balaban J connectivity index is 2.05. The van der Waals surface area contributed by atoms with Crippen LogP contribution in [0.3, 0.4) is 0 Å². The van der Waals surface area contributed by atoms with E-state index in [9.17, 15) is 0 Å². The fourth-order valence-corrected chi connectivity index (χ4v) is 3.30. The maximum Gasteiger partial charge on any atom is 0.192 e. The van der Waals surface area contributed by atoms with Crippen molar-refractivity contribution in [1.29, 1.82) is 0 Å². The lowest BCUT2D eigenvalue weighted by molar-refractivity contribution is 0.273. The predicted molar refractivity (Wildman–Crippen MR) is 94.3 cm³/mol. The van der Waals surface area contributed by atoms with Crippen molar-refractivity contribution in [2.45, 2.75) is 45.5 Å². The number of hydrogen-bond acceptors (Lipinski definition) is 5. The molecule has 2 heterocycles. The van der Waals surface area contributed by atoms with E-state index in [2.05, 4.69) is 55.4 Å². The Kier molecular flexibility index (Phi) is 4.94. The van der Waals surface area contributed by atoms with Crippen LogP contribution in [0.5, 0.6) is 0 Å². The van der Waals surface area contributed by atoms with E-state index in [-0.39, 0.29) is 5.04 Å². The normalized spacial score (nSPS) is 12.4. The van der Waals surface area contributed by atoms with Crippen LogP contribution in [-0.2, 0) is 11.0 Å². The van der Waals surface area contributed by atoms with E-state index in [0.29, 0.717) is 6.61 Å². The van der Waals surface area contributed by atoms with Crippen molar-refractivity contribution in [1.82, 2.24) is 15.0 Å². The van der Waals surface area contributed by atoms with Crippen LogP contribution in [0.4, 0.5) is 0 Å². The molecule has 0 saturated carbocycles. The highest BCUT2D eigenvalue weighted by molar-refractivity contribution is 7.10. The van der Waals surface area contributed by atoms with Gasteiger partial charge in [-0.1, -0.05) is 27.4 Å². The van der Waals surface area contributed by atoms with Crippen molar-refractivity contribution in [3.05, 3.63) is 46.9 Å². The molecular weight excluding hydrogens is 310 g/mol. The lowest BCUT2D eigenvalue weighted by Crippen LogP contribution is -2.40. The molecule has 0 aliphatic carbocycles. The Morgan fingerprint density at radius 1 is 1.27 bits per heavy atom. The van der Waals surface area contributed by atoms with Crippen LogP contribution in [0.15, 0.2) is 30.7 Å². The van der Waals surface area contributed by atoms with E-state index >= 15 is 0 Å². The molecule has 0 aliphatic heterocycles. The summed E-state index contributed by atoms with van der Waals surface area (Å²) in [6, 6.07) is 0. The highest BCUT2D eigenvalue weighted by Crippen LogP contribution is 2.37. The molecule has 0 fully saturated rings. The quantitative estimate of drug-likeness (QED) is 0.755. The molecule has 0 atom stereocenters. The summed E-state index contributed by atoms with van der Waals surface area (Å²) in [5.74, 6) is 0. The third-order valence-electron chi connectivity index (χ3n) is 4.11. The Labute approximate surface area is 137 Å². The highest BCUT2D eigenvalue weighted by atomic mass is 32.1. The Morgan fingerprint density at radius 3 is 2.50 bits per heavy atom. The molecule has 0 spiro atoms. The summed E-state index contributed by atoms with van der Waals surface area (Å²) in [7, 11) is -1.75. The van der Waals surface area contributed by atoms with Crippen LogP contribution < -0.4 is 0 Å². The van der Waals surface area contributed by atoms with E-state index in [0.717, 1.165) is 21.8 Å². The molecule has 0 unspecified atom stereocenters. The molecule has 2 aromatic heterocycles. The lowest BCUT2D eigenvalue weighted by atomic mass is 10.2. The summed E-state index contributed by atoms with van der Waals surface area (Å²) in [5, 5.41) is 3.14. The van der Waals surface area contributed by atoms with Crippen molar-refractivity contribution in [3.63, 3.8) is 0 Å². The van der Waals surface area contributed by atoms with Crippen LogP contribution in [0, 0.1) is 0 Å². The molecule has 0 aromatic carbocycles. The fourth-order valence-electron chi connectivity index (χ4n) is 1.56. The van der Waals surface area contributed by atoms with Gasteiger partial charge in [-0.2, -0.15) is 0 Å². The van der Waals surface area contributed by atoms with Gasteiger partial charge in [-0.3, -0.25) is 0 Å². The molecular formula is C16H23N3OSSi. The van der Waals surface area contributed by atoms with Crippen LogP contribution in [0.25, 0.3) is 5.57 Å². The zero-order valence-electron chi connectivity index (χ0n) is 13.9. The zero-order chi connectivity index (χ0) is 16.4. The molecule has 0 aliphatic rings. The minimum Gasteiger partial charge on any atom is -0.411 e. The summed E-state index contributed by atoms with van der Waals surface area (Å²) in [4.78, 5) is 12.7. The molecule has 0 N–H and O–H groups in total. The van der Waals surface area contributed by atoms with Crippen molar-refractivity contribution in [2.24, 2.45) is 0 Å². The molecule has 2 rings (SSSR count). The van der Waals surface area contributed by atoms with E-state index < -0.39 is 8.32 Å². The molecule has 2 aromatic rings. The lowest BCUT2D eigenvalue weighted by Gasteiger charge is -2.35. The third-order valence-corrected chi connectivity index (χ3v) is 9.54. The smallest absolute Gasteiger partial charge is 0.192 e. The summed E-state index contributed by atoms with van der Waals surface area (Å²) in [6.07, 6.45) is 5.02. The SMILES string of the molecule is C=C(c1cncnc1)c1nc(CO[Si](C)(C)C(C)(C)C)cs1. The minimum atomic E-state index is -1.75. The van der Waals surface area contributed by atoms with E-state index in [1.54, 1.807) is 23.7 Å². The maximum atomic E-state index is 6.21. The average molecular weight is 334 g/mol. The molecule has 22 heavy (non-hydrogen) atoms. The topological polar surface area (TPSA) is 47.9 Å². The molecule has 0 saturated heterocycles. The average Bonchev–Trinajstić information content (AvgIpc) is 2.93. The molecule has 0 bridgehead atoms. The van der Waals surface area contributed by atoms with Crippen LogP contribution in [0.1, 0.15) is 37.0 Å². The number of thiazole rings is 1. The zero-order valence-corrected chi connectivity index (χ0v) is 15.7. The van der Waals surface area contributed by atoms with Gasteiger partial charge in [-0.05, 0) is 18.1 Å². The van der Waals surface area contributed by atoms with Crippen molar-refractivity contribution < 1.29 is 4.43 Å². The Hall–Kier alpha value is -1.37. The second-order valence-electron chi connectivity index (χ2n) is 6.80. The van der Waals surface area contributed by atoms with Crippen LogP contribution in [-0.4, -0.2) is 23.3 Å². The summed E-state index contributed by atoms with van der Waals surface area (Å²) >= 11 is 1.58. The first-order valence-electron chi connectivity index (χ1n) is 7.24. The van der Waals surface area contributed by atoms with Crippen LogP contribution in [0.2, 0.25) is 18.1 Å². The predicted octanol–water partition coefficient (Wildman–Crippen LogP) is 4.52. The minimum absolute atomic E-state index is 0.205. The Bertz CT molecular complexity index is 647. The van der Waals surface area contributed by atoms with E-state index in [1.807, 2.05) is 5.38 Å². The van der Waals surface area contributed by atoms with Gasteiger partial charge < -0.3 is 4.43 Å². The molecule has 6 heteroatoms. The van der Waals surface area contributed by atoms with Crippen molar-refractivity contribution >= 4 is 25.2 Å². The summed E-state index contributed by atoms with van der Waals surface area (Å²) in [5.41, 5.74) is 2.71. The second-order valence-corrected chi connectivity index (χ2v) is 12.5. The van der Waals surface area contributed by atoms with E-state index in [4.69, 9.17) is 4.43 Å². The number of hydrogen-bond donors (Lipinski definition) is 0. The summed E-state index contributed by atoms with van der Waals surface area (Å²) in [6.45, 7) is 15.9. The van der Waals surface area contributed by atoms with Gasteiger partial charge in [0.15, 0.2) is 8.32 Å². The van der Waals surface area contributed by atoms with Crippen LogP contribution >= 0.6 is 11.3 Å². The van der Waals surface area contributed by atoms with Gasteiger partial charge in [0.1, 0.15) is 11.3 Å². The monoisotopic (exact) mass is 333 g/mol. The number of rotatable bonds is 5. The molecule has 0 amide bonds. The molecule has 0 radical (unpaired) electrons. The van der Waals surface area contributed by atoms with Crippen molar-refractivity contribution in [3.8, 4) is 0 Å². The molecule has 118 valence electrons. The second kappa shape index (κ2) is 6.40. The van der Waals surface area contributed by atoms with Gasteiger partial charge in [0, 0.05) is 28.9 Å². The van der Waals surface area contributed by atoms with Gasteiger partial charge in [0.25, 0.3) is 0 Å². The largest absolute Gasteiger partial charge is 0.411 e. The van der Waals surface area contributed by atoms with Gasteiger partial charge in [-0.25, -0.2) is 15.0 Å². The fraction of sp³-hybridized carbons (Fsp3) is 0.438. The summed E-state index contributed by atoms with van der Waals surface area (Å²) < 4.78 is 6.21. The standard InChI is InChI=1S/C16H23N3OSSi/c1-12(13-7-17-11-18-8-13)15-19-14(10-21-15)9-20-22(5,6)16(2,3)4/h7-8,10-11H,1,9H2,2-6H3. The van der Waals surface area contributed by atoms with E-state index in [1.165, 1.54) is 6.33 Å². The number of nitrogens with zero attached hydrogens (tertiary/aromatic N) is 3. The van der Waals surface area contributed by atoms with Gasteiger partial charge in [-0.15, -0.1) is 11.3 Å². The Morgan fingerprint density at radius 2 is 1.91 bits per heavy atom. The number of aromatic nitrogens is 3. The van der Waals surface area contributed by atoms with Gasteiger partial charge in [0.2, 0.25) is 0 Å². The third kappa shape index (κ3) is 3.88. The van der Waals surface area contributed by atoms with Gasteiger partial charge >= 0.3 is 0 Å².